The molecule has 0 bridgehead atoms. The highest BCUT2D eigenvalue weighted by Crippen LogP contribution is 1.95. The normalized spacial score (nSPS) is 11.8. The van der Waals surface area contributed by atoms with Gasteiger partial charge in [-0.25, -0.2) is 0 Å². The van der Waals surface area contributed by atoms with Gasteiger partial charge in [-0.1, -0.05) is 6.07 Å². The molecule has 0 saturated carbocycles. The van der Waals surface area contributed by atoms with E-state index in [4.69, 9.17) is 5.11 Å². The van der Waals surface area contributed by atoms with Crippen LogP contribution in [0.2, 0.25) is 0 Å². The van der Waals surface area contributed by atoms with Crippen LogP contribution >= 0.6 is 0 Å². The number of carboxylic acid groups (broad SMARTS) is 1. The third-order valence-electron chi connectivity index (χ3n) is 1.82. The van der Waals surface area contributed by atoms with E-state index >= 15 is 0 Å². The maximum atomic E-state index is 11.3. The summed E-state index contributed by atoms with van der Waals surface area (Å²) >= 11 is 0. The lowest BCUT2D eigenvalue weighted by molar-refractivity contribution is -0.141. The molecule has 0 radical (unpaired) electrons. The summed E-state index contributed by atoms with van der Waals surface area (Å²) in [5.74, 6) is -1.40. The van der Waals surface area contributed by atoms with Gasteiger partial charge in [-0.3, -0.25) is 14.6 Å². The first-order chi connectivity index (χ1) is 7.09. The van der Waals surface area contributed by atoms with Gasteiger partial charge >= 0.3 is 5.97 Å². The second kappa shape index (κ2) is 5.09. The van der Waals surface area contributed by atoms with Gasteiger partial charge in [0.05, 0.1) is 6.42 Å². The fraction of sp³-hybridized carbons (Fsp3) is 0.300. The minimum atomic E-state index is -1.05. The zero-order valence-corrected chi connectivity index (χ0v) is 8.30. The summed E-state index contributed by atoms with van der Waals surface area (Å²) in [7, 11) is 0. The standard InChI is InChI=1S/C10H12N2O3/c1-7(10(14)15)12-9(13)6-8-4-2-3-5-11-8/h2-5,7H,6H2,1H3,(H,12,13)(H,14,15)/t7-/m1/s1. The highest BCUT2D eigenvalue weighted by Gasteiger charge is 2.13. The first kappa shape index (κ1) is 11.2. The van der Waals surface area contributed by atoms with E-state index < -0.39 is 12.0 Å². The van der Waals surface area contributed by atoms with E-state index in [1.54, 1.807) is 24.4 Å². The van der Waals surface area contributed by atoms with Crippen LogP contribution in [0.25, 0.3) is 0 Å². The number of aliphatic carboxylic acids is 1. The average Bonchev–Trinajstić information content (AvgIpc) is 2.18. The second-order valence-corrected chi connectivity index (χ2v) is 3.13. The number of hydrogen-bond donors (Lipinski definition) is 2. The van der Waals surface area contributed by atoms with Crippen molar-refractivity contribution in [3.8, 4) is 0 Å². The Morgan fingerprint density at radius 3 is 2.80 bits per heavy atom. The summed E-state index contributed by atoms with van der Waals surface area (Å²) in [6.07, 6.45) is 1.68. The quantitative estimate of drug-likeness (QED) is 0.741. The smallest absolute Gasteiger partial charge is 0.325 e. The number of aromatic nitrogens is 1. The first-order valence-corrected chi connectivity index (χ1v) is 4.51. The number of nitrogens with one attached hydrogen (secondary N) is 1. The molecule has 0 unspecified atom stereocenters. The number of carbonyl (C=O) groups excluding carboxylic acids is 1. The van der Waals surface area contributed by atoms with Crippen molar-refractivity contribution in [1.29, 1.82) is 0 Å². The highest BCUT2D eigenvalue weighted by atomic mass is 16.4. The summed E-state index contributed by atoms with van der Waals surface area (Å²) in [6.45, 7) is 1.42. The molecule has 1 rings (SSSR count). The number of pyridine rings is 1. The molecule has 1 heterocycles. The molecule has 1 atom stereocenters. The van der Waals surface area contributed by atoms with Crippen molar-refractivity contribution in [3.05, 3.63) is 30.1 Å². The molecule has 0 aromatic carbocycles. The van der Waals surface area contributed by atoms with Crippen LogP contribution in [0, 0.1) is 0 Å². The Kier molecular flexibility index (Phi) is 3.79. The molecule has 0 fully saturated rings. The van der Waals surface area contributed by atoms with Gasteiger partial charge in [-0.05, 0) is 19.1 Å². The Morgan fingerprint density at radius 1 is 1.53 bits per heavy atom. The van der Waals surface area contributed by atoms with Crippen LogP contribution in [0.15, 0.2) is 24.4 Å². The minimum Gasteiger partial charge on any atom is -0.480 e. The predicted octanol–water partition coefficient (Wildman–Crippen LogP) is 0.213. The molecule has 0 aliphatic heterocycles. The molecule has 0 saturated heterocycles. The Labute approximate surface area is 87.1 Å². The van der Waals surface area contributed by atoms with Crippen LogP contribution in [0.3, 0.4) is 0 Å². The van der Waals surface area contributed by atoms with E-state index in [2.05, 4.69) is 10.3 Å². The SMILES string of the molecule is C[C@@H](NC(=O)Cc1ccccn1)C(=O)O. The molecule has 15 heavy (non-hydrogen) atoms. The fourth-order valence-electron chi connectivity index (χ4n) is 1.02. The lowest BCUT2D eigenvalue weighted by Gasteiger charge is -2.08. The Bertz CT molecular complexity index is 351. The summed E-state index contributed by atoms with van der Waals surface area (Å²) in [5, 5.41) is 10.9. The lowest BCUT2D eigenvalue weighted by atomic mass is 10.2. The number of carboxylic acids is 1. The van der Waals surface area contributed by atoms with Crippen molar-refractivity contribution in [3.63, 3.8) is 0 Å². The minimum absolute atomic E-state index is 0.0957. The van der Waals surface area contributed by atoms with Gasteiger partial charge in [0.2, 0.25) is 5.91 Å². The van der Waals surface area contributed by atoms with E-state index in [9.17, 15) is 9.59 Å². The average molecular weight is 208 g/mol. The van der Waals surface area contributed by atoms with Gasteiger partial charge in [0.25, 0.3) is 0 Å². The van der Waals surface area contributed by atoms with Crippen molar-refractivity contribution < 1.29 is 14.7 Å². The monoisotopic (exact) mass is 208 g/mol. The number of hydrogen-bond acceptors (Lipinski definition) is 3. The van der Waals surface area contributed by atoms with Gasteiger partial charge in [-0.15, -0.1) is 0 Å². The van der Waals surface area contributed by atoms with Crippen LogP contribution in [0.5, 0.6) is 0 Å². The van der Waals surface area contributed by atoms with Crippen molar-refractivity contribution >= 4 is 11.9 Å². The number of carbonyl (C=O) groups is 2. The molecule has 1 aromatic heterocycles. The number of nitrogens with zero attached hydrogens (tertiary/aromatic N) is 1. The molecule has 2 N–H and O–H groups in total. The molecular formula is C10H12N2O3. The second-order valence-electron chi connectivity index (χ2n) is 3.13. The Hall–Kier alpha value is -1.91. The van der Waals surface area contributed by atoms with Crippen LogP contribution < -0.4 is 5.32 Å². The third kappa shape index (κ3) is 3.76. The van der Waals surface area contributed by atoms with Crippen LogP contribution in [-0.2, 0) is 16.0 Å². The first-order valence-electron chi connectivity index (χ1n) is 4.51. The third-order valence-corrected chi connectivity index (χ3v) is 1.82. The van der Waals surface area contributed by atoms with Gasteiger partial charge < -0.3 is 10.4 Å². The van der Waals surface area contributed by atoms with E-state index in [0.29, 0.717) is 5.69 Å². The van der Waals surface area contributed by atoms with Crippen LogP contribution in [0.4, 0.5) is 0 Å². The molecule has 5 heteroatoms. The van der Waals surface area contributed by atoms with Crippen LogP contribution in [-0.4, -0.2) is 28.0 Å². The van der Waals surface area contributed by atoms with Crippen molar-refractivity contribution in [2.75, 3.05) is 0 Å². The van der Waals surface area contributed by atoms with Gasteiger partial charge in [0.1, 0.15) is 6.04 Å². The molecule has 1 aromatic rings. The molecular weight excluding hydrogens is 196 g/mol. The van der Waals surface area contributed by atoms with Gasteiger partial charge in [0.15, 0.2) is 0 Å². The summed E-state index contributed by atoms with van der Waals surface area (Å²) in [5.41, 5.74) is 0.618. The summed E-state index contributed by atoms with van der Waals surface area (Å²) in [4.78, 5) is 25.7. The van der Waals surface area contributed by atoms with Crippen LogP contribution in [0.1, 0.15) is 12.6 Å². The van der Waals surface area contributed by atoms with E-state index in [-0.39, 0.29) is 12.3 Å². The van der Waals surface area contributed by atoms with Crippen molar-refractivity contribution in [2.24, 2.45) is 0 Å². The summed E-state index contributed by atoms with van der Waals surface area (Å²) in [6, 6.07) is 4.36. The topological polar surface area (TPSA) is 79.3 Å². The lowest BCUT2D eigenvalue weighted by Crippen LogP contribution is -2.39. The molecule has 0 spiro atoms. The molecule has 0 aliphatic rings. The Morgan fingerprint density at radius 2 is 2.27 bits per heavy atom. The maximum Gasteiger partial charge on any atom is 0.325 e. The zero-order valence-electron chi connectivity index (χ0n) is 8.30. The fourth-order valence-corrected chi connectivity index (χ4v) is 1.02. The van der Waals surface area contributed by atoms with E-state index in [1.165, 1.54) is 6.92 Å². The molecule has 0 aliphatic carbocycles. The van der Waals surface area contributed by atoms with Gasteiger partial charge in [0, 0.05) is 11.9 Å². The molecule has 5 nitrogen and oxygen atoms in total. The Balaban J connectivity index is 2.47. The zero-order chi connectivity index (χ0) is 11.3. The molecule has 80 valence electrons. The highest BCUT2D eigenvalue weighted by molar-refractivity contribution is 5.84. The largest absolute Gasteiger partial charge is 0.480 e. The van der Waals surface area contributed by atoms with Gasteiger partial charge in [-0.2, -0.15) is 0 Å². The maximum absolute atomic E-state index is 11.3. The number of amides is 1. The van der Waals surface area contributed by atoms with E-state index in [0.717, 1.165) is 0 Å². The summed E-state index contributed by atoms with van der Waals surface area (Å²) < 4.78 is 0. The van der Waals surface area contributed by atoms with E-state index in [1.807, 2.05) is 0 Å². The van der Waals surface area contributed by atoms with Crippen molar-refractivity contribution in [2.45, 2.75) is 19.4 Å². The number of rotatable bonds is 4. The van der Waals surface area contributed by atoms with Crippen molar-refractivity contribution in [1.82, 2.24) is 10.3 Å². The molecule has 1 amide bonds. The predicted molar refractivity (Wildman–Crippen MR) is 53.2 cm³/mol.